The second-order valence-electron chi connectivity index (χ2n) is 5.99. The van der Waals surface area contributed by atoms with Crippen LogP contribution in [-0.4, -0.2) is 23.2 Å². The lowest BCUT2D eigenvalue weighted by Gasteiger charge is -2.09. The highest BCUT2D eigenvalue weighted by Crippen LogP contribution is 2.22. The van der Waals surface area contributed by atoms with Crippen molar-refractivity contribution in [3.05, 3.63) is 83.4 Å². The van der Waals surface area contributed by atoms with Crippen molar-refractivity contribution in [3.8, 4) is 0 Å². The van der Waals surface area contributed by atoms with E-state index in [0.717, 1.165) is 5.56 Å². The minimum Gasteiger partial charge on any atom is -0.301 e. The monoisotopic (exact) mass is 452 g/mol. The maximum atomic E-state index is 13.0. The minimum atomic E-state index is -3.71. The largest absolute Gasteiger partial charge is 0.301 e. The van der Waals surface area contributed by atoms with Gasteiger partial charge in [0.15, 0.2) is 5.16 Å². The Bertz CT molecular complexity index is 1080. The van der Waals surface area contributed by atoms with Crippen molar-refractivity contribution < 1.29 is 12.8 Å². The fourth-order valence-electron chi connectivity index (χ4n) is 2.45. The molecular weight excluding hydrogens is 435 g/mol. The summed E-state index contributed by atoms with van der Waals surface area (Å²) in [6.07, 6.45) is 1.68. The maximum Gasteiger partial charge on any atom is 0.240 e. The second-order valence-corrected chi connectivity index (χ2v) is 9.14. The molecule has 0 aliphatic rings. The summed E-state index contributed by atoms with van der Waals surface area (Å²) in [7, 11) is -3.71. The lowest BCUT2D eigenvalue weighted by atomic mass is 10.2. The van der Waals surface area contributed by atoms with Gasteiger partial charge in [0.1, 0.15) is 11.6 Å². The van der Waals surface area contributed by atoms with Crippen molar-refractivity contribution in [2.24, 2.45) is 0 Å². The quantitative estimate of drug-likeness (QED) is 0.392. The van der Waals surface area contributed by atoms with Gasteiger partial charge in [0.2, 0.25) is 10.0 Å². The van der Waals surface area contributed by atoms with Crippen molar-refractivity contribution in [3.63, 3.8) is 0 Å². The average Bonchev–Trinajstić information content (AvgIpc) is 3.08. The van der Waals surface area contributed by atoms with E-state index in [1.54, 1.807) is 22.8 Å². The standard InChI is InChI=1S/C19H18ClFN4O2S2/c1-2-11-25-18(12-22-29(26,27)17-9-5-15(20)6-10-17)23-24-19(25)28-13-14-3-7-16(21)8-4-14/h2-10,22H,1,11-13H2. The number of rotatable bonds is 9. The second kappa shape index (κ2) is 9.53. The number of hydrogen-bond acceptors (Lipinski definition) is 5. The lowest BCUT2D eigenvalue weighted by Crippen LogP contribution is -2.25. The van der Waals surface area contributed by atoms with E-state index < -0.39 is 10.0 Å². The molecule has 0 saturated heterocycles. The first-order valence-corrected chi connectivity index (χ1v) is 11.4. The predicted molar refractivity (Wildman–Crippen MR) is 112 cm³/mol. The molecule has 152 valence electrons. The number of halogens is 2. The van der Waals surface area contributed by atoms with Crippen molar-refractivity contribution in [2.45, 2.75) is 28.9 Å². The Morgan fingerprint density at radius 3 is 2.48 bits per heavy atom. The van der Waals surface area contributed by atoms with Gasteiger partial charge in [-0.25, -0.2) is 17.5 Å². The van der Waals surface area contributed by atoms with Crippen LogP contribution in [0.15, 0.2) is 71.2 Å². The van der Waals surface area contributed by atoms with Gasteiger partial charge in [0, 0.05) is 17.3 Å². The van der Waals surface area contributed by atoms with E-state index in [1.807, 2.05) is 0 Å². The number of sulfonamides is 1. The number of allylic oxidation sites excluding steroid dienone is 1. The van der Waals surface area contributed by atoms with Gasteiger partial charge in [-0.2, -0.15) is 0 Å². The molecule has 0 amide bonds. The molecule has 0 aliphatic heterocycles. The smallest absolute Gasteiger partial charge is 0.240 e. The van der Waals surface area contributed by atoms with Crippen molar-refractivity contribution >= 4 is 33.4 Å². The molecule has 0 aliphatic carbocycles. The van der Waals surface area contributed by atoms with Crippen LogP contribution in [0.4, 0.5) is 4.39 Å². The lowest BCUT2D eigenvalue weighted by molar-refractivity contribution is 0.574. The molecule has 1 heterocycles. The van der Waals surface area contributed by atoms with Crippen LogP contribution in [0.2, 0.25) is 5.02 Å². The average molecular weight is 453 g/mol. The molecule has 2 aromatic carbocycles. The molecule has 0 saturated carbocycles. The molecule has 3 aromatic rings. The molecule has 0 spiro atoms. The number of aromatic nitrogens is 3. The van der Waals surface area contributed by atoms with Crippen LogP contribution >= 0.6 is 23.4 Å². The third kappa shape index (κ3) is 5.66. The van der Waals surface area contributed by atoms with Gasteiger partial charge in [-0.3, -0.25) is 0 Å². The van der Waals surface area contributed by atoms with E-state index >= 15 is 0 Å². The molecule has 1 aromatic heterocycles. The van der Waals surface area contributed by atoms with Gasteiger partial charge in [-0.15, -0.1) is 16.8 Å². The van der Waals surface area contributed by atoms with Crippen LogP contribution in [0.25, 0.3) is 0 Å². The first-order chi connectivity index (χ1) is 13.9. The highest BCUT2D eigenvalue weighted by atomic mass is 35.5. The van der Waals surface area contributed by atoms with Crippen molar-refractivity contribution in [1.82, 2.24) is 19.5 Å². The van der Waals surface area contributed by atoms with E-state index in [-0.39, 0.29) is 17.3 Å². The number of nitrogens with one attached hydrogen (secondary N) is 1. The fourth-order valence-corrected chi connectivity index (χ4v) is 4.48. The first-order valence-electron chi connectivity index (χ1n) is 8.54. The summed E-state index contributed by atoms with van der Waals surface area (Å²) in [5.41, 5.74) is 0.939. The van der Waals surface area contributed by atoms with Crippen LogP contribution < -0.4 is 4.72 Å². The summed E-state index contributed by atoms with van der Waals surface area (Å²) in [4.78, 5) is 0.114. The highest BCUT2D eigenvalue weighted by Gasteiger charge is 2.17. The van der Waals surface area contributed by atoms with Crippen LogP contribution in [0, 0.1) is 5.82 Å². The minimum absolute atomic E-state index is 0.0249. The number of benzene rings is 2. The Kier molecular flexibility index (Phi) is 7.07. The summed E-state index contributed by atoms with van der Waals surface area (Å²) < 4.78 is 42.3. The molecule has 3 rings (SSSR count). The molecule has 0 atom stereocenters. The summed E-state index contributed by atoms with van der Waals surface area (Å²) in [5.74, 6) is 0.749. The summed E-state index contributed by atoms with van der Waals surface area (Å²) in [5, 5.41) is 9.34. The SMILES string of the molecule is C=CCn1c(CNS(=O)(=O)c2ccc(Cl)cc2)nnc1SCc1ccc(F)cc1. The molecule has 0 radical (unpaired) electrons. The van der Waals surface area contributed by atoms with E-state index in [9.17, 15) is 12.8 Å². The highest BCUT2D eigenvalue weighted by molar-refractivity contribution is 7.98. The summed E-state index contributed by atoms with van der Waals surface area (Å²) >= 11 is 7.23. The zero-order chi connectivity index (χ0) is 20.9. The summed E-state index contributed by atoms with van der Waals surface area (Å²) in [6.45, 7) is 4.13. The number of hydrogen-bond donors (Lipinski definition) is 1. The zero-order valence-corrected chi connectivity index (χ0v) is 17.6. The molecule has 0 fully saturated rings. The van der Waals surface area contributed by atoms with Crippen LogP contribution in [-0.2, 0) is 28.9 Å². The Morgan fingerprint density at radius 1 is 1.14 bits per heavy atom. The first kappa shape index (κ1) is 21.5. The van der Waals surface area contributed by atoms with Gasteiger partial charge in [-0.1, -0.05) is 41.6 Å². The van der Waals surface area contributed by atoms with Gasteiger partial charge >= 0.3 is 0 Å². The van der Waals surface area contributed by atoms with E-state index in [4.69, 9.17) is 11.6 Å². The third-order valence-electron chi connectivity index (χ3n) is 3.93. The number of nitrogens with zero attached hydrogens (tertiary/aromatic N) is 3. The Balaban J connectivity index is 1.71. The maximum absolute atomic E-state index is 13.0. The zero-order valence-electron chi connectivity index (χ0n) is 15.3. The molecule has 0 unspecified atom stereocenters. The molecule has 29 heavy (non-hydrogen) atoms. The molecule has 6 nitrogen and oxygen atoms in total. The summed E-state index contributed by atoms with van der Waals surface area (Å²) in [6, 6.07) is 12.1. The van der Waals surface area contributed by atoms with Crippen molar-refractivity contribution in [1.29, 1.82) is 0 Å². The Labute approximate surface area is 177 Å². The normalized spacial score (nSPS) is 11.5. The van der Waals surface area contributed by atoms with Crippen LogP contribution in [0.1, 0.15) is 11.4 Å². The van der Waals surface area contributed by atoms with E-state index in [2.05, 4.69) is 21.5 Å². The van der Waals surface area contributed by atoms with E-state index in [0.29, 0.717) is 28.3 Å². The van der Waals surface area contributed by atoms with E-state index in [1.165, 1.54) is 48.2 Å². The molecular formula is C19H18ClFN4O2S2. The molecule has 10 heteroatoms. The topological polar surface area (TPSA) is 76.9 Å². The third-order valence-corrected chi connectivity index (χ3v) is 6.64. The molecule has 1 N–H and O–H groups in total. The predicted octanol–water partition coefficient (Wildman–Crippen LogP) is 4.03. The van der Waals surface area contributed by atoms with Crippen LogP contribution in [0.3, 0.4) is 0 Å². The Morgan fingerprint density at radius 2 is 1.83 bits per heavy atom. The van der Waals surface area contributed by atoms with Gasteiger partial charge < -0.3 is 4.57 Å². The fraction of sp³-hybridized carbons (Fsp3) is 0.158. The number of thioether (sulfide) groups is 1. The van der Waals surface area contributed by atoms with Gasteiger partial charge in [0.05, 0.1) is 11.4 Å². The Hall–Kier alpha value is -2.20. The van der Waals surface area contributed by atoms with Crippen LogP contribution in [0.5, 0.6) is 0 Å². The van der Waals surface area contributed by atoms with Gasteiger partial charge in [0.25, 0.3) is 0 Å². The van der Waals surface area contributed by atoms with Crippen molar-refractivity contribution in [2.75, 3.05) is 0 Å². The van der Waals surface area contributed by atoms with Gasteiger partial charge in [-0.05, 0) is 42.0 Å². The molecule has 0 bridgehead atoms.